The molecule has 20 heavy (non-hydrogen) atoms. The molecule has 2 aromatic rings. The van der Waals surface area contributed by atoms with E-state index in [-0.39, 0.29) is 17.8 Å². The maximum Gasteiger partial charge on any atom is 0.339 e. The smallest absolute Gasteiger partial charge is 0.339 e. The molecule has 0 saturated heterocycles. The Morgan fingerprint density at radius 3 is 2.45 bits per heavy atom. The van der Waals surface area contributed by atoms with Crippen molar-refractivity contribution in [2.24, 2.45) is 14.1 Å². The fourth-order valence-electron chi connectivity index (χ4n) is 1.84. The van der Waals surface area contributed by atoms with Crippen LogP contribution in [0.3, 0.4) is 0 Å². The number of rotatable bonds is 4. The molecule has 0 fully saturated rings. The first kappa shape index (κ1) is 13.8. The van der Waals surface area contributed by atoms with Crippen molar-refractivity contribution in [2.75, 3.05) is 0 Å². The first-order valence-electron chi connectivity index (χ1n) is 5.92. The third-order valence-electron chi connectivity index (χ3n) is 3.16. The average Bonchev–Trinajstić information content (AvgIpc) is 2.92. The van der Waals surface area contributed by atoms with Crippen LogP contribution in [0.5, 0.6) is 0 Å². The zero-order valence-corrected chi connectivity index (χ0v) is 11.4. The Kier molecular flexibility index (Phi) is 3.55. The molecule has 0 spiro atoms. The number of aromatic nitrogens is 4. The first-order chi connectivity index (χ1) is 9.41. The molecule has 8 heteroatoms. The van der Waals surface area contributed by atoms with Crippen LogP contribution < -0.4 is 5.32 Å². The number of aromatic carboxylic acids is 1. The number of aryl methyl sites for hydroxylation is 2. The van der Waals surface area contributed by atoms with Crippen molar-refractivity contribution in [2.45, 2.75) is 13.5 Å². The van der Waals surface area contributed by atoms with Crippen molar-refractivity contribution >= 4 is 11.9 Å². The first-order valence-corrected chi connectivity index (χ1v) is 5.92. The number of carbonyl (C=O) groups excluding carboxylic acids is 1. The number of nitrogens with one attached hydrogen (secondary N) is 1. The lowest BCUT2D eigenvalue weighted by atomic mass is 10.2. The van der Waals surface area contributed by atoms with Gasteiger partial charge < -0.3 is 10.4 Å². The minimum absolute atomic E-state index is 0.0269. The van der Waals surface area contributed by atoms with Gasteiger partial charge in [-0.1, -0.05) is 0 Å². The summed E-state index contributed by atoms with van der Waals surface area (Å²) >= 11 is 0. The molecular formula is C12H15N5O3. The zero-order valence-electron chi connectivity index (χ0n) is 11.4. The minimum atomic E-state index is -1.18. The summed E-state index contributed by atoms with van der Waals surface area (Å²) in [6.07, 6.45) is 2.82. The second kappa shape index (κ2) is 5.16. The number of hydrogen-bond donors (Lipinski definition) is 2. The van der Waals surface area contributed by atoms with E-state index in [1.54, 1.807) is 10.9 Å². The van der Waals surface area contributed by atoms with E-state index in [0.717, 1.165) is 17.5 Å². The Balaban J connectivity index is 2.15. The van der Waals surface area contributed by atoms with Crippen LogP contribution in [0, 0.1) is 6.92 Å². The van der Waals surface area contributed by atoms with Crippen molar-refractivity contribution in [3.63, 3.8) is 0 Å². The third-order valence-corrected chi connectivity index (χ3v) is 3.16. The number of hydrogen-bond acceptors (Lipinski definition) is 4. The lowest BCUT2D eigenvalue weighted by Crippen LogP contribution is -2.27. The molecule has 0 aliphatic rings. The van der Waals surface area contributed by atoms with Crippen molar-refractivity contribution in [3.8, 4) is 0 Å². The van der Waals surface area contributed by atoms with Gasteiger partial charge in [-0.25, -0.2) is 4.79 Å². The van der Waals surface area contributed by atoms with E-state index in [2.05, 4.69) is 15.5 Å². The van der Waals surface area contributed by atoms with E-state index in [9.17, 15) is 9.59 Å². The molecule has 2 N–H and O–H groups in total. The van der Waals surface area contributed by atoms with E-state index < -0.39 is 11.9 Å². The van der Waals surface area contributed by atoms with Gasteiger partial charge in [0.05, 0.1) is 12.4 Å². The minimum Gasteiger partial charge on any atom is -0.478 e. The quantitative estimate of drug-likeness (QED) is 0.824. The summed E-state index contributed by atoms with van der Waals surface area (Å²) in [4.78, 5) is 23.1. The van der Waals surface area contributed by atoms with Crippen LogP contribution in [0.25, 0.3) is 0 Å². The highest BCUT2D eigenvalue weighted by atomic mass is 16.4. The van der Waals surface area contributed by atoms with E-state index in [4.69, 9.17) is 5.11 Å². The lowest BCUT2D eigenvalue weighted by molar-refractivity contribution is 0.0690. The Hall–Kier alpha value is -2.64. The SMILES string of the molecule is Cc1c(CNC(=O)c2c(C(=O)O)cnn2C)cnn1C. The molecule has 2 aromatic heterocycles. The molecule has 0 aromatic carbocycles. The van der Waals surface area contributed by atoms with Crippen LogP contribution >= 0.6 is 0 Å². The largest absolute Gasteiger partial charge is 0.478 e. The number of carbonyl (C=O) groups is 2. The van der Waals surface area contributed by atoms with Crippen molar-refractivity contribution in [1.82, 2.24) is 24.9 Å². The van der Waals surface area contributed by atoms with Gasteiger partial charge in [0.2, 0.25) is 0 Å². The summed E-state index contributed by atoms with van der Waals surface area (Å²) < 4.78 is 2.95. The van der Waals surface area contributed by atoms with Crippen LogP contribution in [-0.4, -0.2) is 36.5 Å². The van der Waals surface area contributed by atoms with E-state index in [1.165, 1.54) is 11.7 Å². The Labute approximate surface area is 115 Å². The lowest BCUT2D eigenvalue weighted by Gasteiger charge is -2.06. The molecule has 0 bridgehead atoms. The van der Waals surface area contributed by atoms with E-state index in [0.29, 0.717) is 0 Å². The second-order valence-corrected chi connectivity index (χ2v) is 4.40. The van der Waals surface area contributed by atoms with E-state index in [1.807, 2.05) is 14.0 Å². The summed E-state index contributed by atoms with van der Waals surface area (Å²) in [6.45, 7) is 2.17. The van der Waals surface area contributed by atoms with Crippen molar-refractivity contribution in [3.05, 3.63) is 34.9 Å². The summed E-state index contributed by atoms with van der Waals surface area (Å²) in [5, 5.41) is 19.6. The third kappa shape index (κ3) is 2.40. The zero-order chi connectivity index (χ0) is 14.9. The van der Waals surface area contributed by atoms with Gasteiger partial charge in [-0.3, -0.25) is 14.2 Å². The second-order valence-electron chi connectivity index (χ2n) is 4.40. The summed E-state index contributed by atoms with van der Waals surface area (Å²) in [5.74, 6) is -1.66. The van der Waals surface area contributed by atoms with Gasteiger partial charge in [-0.15, -0.1) is 0 Å². The normalized spacial score (nSPS) is 10.6. The van der Waals surface area contributed by atoms with Gasteiger partial charge in [0.1, 0.15) is 11.3 Å². The average molecular weight is 277 g/mol. The molecule has 0 saturated carbocycles. The molecule has 0 radical (unpaired) electrons. The summed E-state index contributed by atoms with van der Waals surface area (Å²) in [7, 11) is 3.33. The molecule has 8 nitrogen and oxygen atoms in total. The predicted molar refractivity (Wildman–Crippen MR) is 69.3 cm³/mol. The molecule has 0 aliphatic heterocycles. The number of carboxylic acid groups (broad SMARTS) is 1. The number of nitrogens with zero attached hydrogens (tertiary/aromatic N) is 4. The number of carboxylic acids is 1. The molecule has 0 atom stereocenters. The van der Waals surface area contributed by atoms with Gasteiger partial charge >= 0.3 is 5.97 Å². The predicted octanol–water partition coefficient (Wildman–Crippen LogP) is 0.0902. The highest BCUT2D eigenvalue weighted by Crippen LogP contribution is 2.09. The summed E-state index contributed by atoms with van der Waals surface area (Å²) in [5.41, 5.74) is 1.72. The molecule has 2 heterocycles. The summed E-state index contributed by atoms with van der Waals surface area (Å²) in [6, 6.07) is 0. The fraction of sp³-hybridized carbons (Fsp3) is 0.333. The topological polar surface area (TPSA) is 102 Å². The standard InChI is InChI=1S/C12H15N5O3/c1-7-8(5-14-16(7)2)4-13-11(18)10-9(12(19)20)6-15-17(10)3/h5-6H,4H2,1-3H3,(H,13,18)(H,19,20). The molecule has 0 aliphatic carbocycles. The molecule has 2 rings (SSSR count). The van der Waals surface area contributed by atoms with Gasteiger partial charge in [0, 0.05) is 31.9 Å². The van der Waals surface area contributed by atoms with Crippen LogP contribution in [-0.2, 0) is 20.6 Å². The molecule has 0 unspecified atom stereocenters. The monoisotopic (exact) mass is 277 g/mol. The molecule has 106 valence electrons. The van der Waals surface area contributed by atoms with Crippen molar-refractivity contribution < 1.29 is 14.7 Å². The van der Waals surface area contributed by atoms with E-state index >= 15 is 0 Å². The highest BCUT2D eigenvalue weighted by molar-refractivity contribution is 6.03. The fourth-order valence-corrected chi connectivity index (χ4v) is 1.84. The van der Waals surface area contributed by atoms with Gasteiger partial charge in [0.25, 0.3) is 5.91 Å². The molecule has 1 amide bonds. The Bertz CT molecular complexity index is 671. The Morgan fingerprint density at radius 2 is 1.90 bits per heavy atom. The van der Waals surface area contributed by atoms with Crippen molar-refractivity contribution in [1.29, 1.82) is 0 Å². The maximum absolute atomic E-state index is 12.1. The van der Waals surface area contributed by atoms with Crippen LogP contribution in [0.2, 0.25) is 0 Å². The van der Waals surface area contributed by atoms with Crippen LogP contribution in [0.1, 0.15) is 32.1 Å². The van der Waals surface area contributed by atoms with Gasteiger partial charge in [0.15, 0.2) is 0 Å². The van der Waals surface area contributed by atoms with Crippen LogP contribution in [0.15, 0.2) is 12.4 Å². The van der Waals surface area contributed by atoms with Crippen LogP contribution in [0.4, 0.5) is 0 Å². The Morgan fingerprint density at radius 1 is 1.25 bits per heavy atom. The molecular weight excluding hydrogens is 262 g/mol. The van der Waals surface area contributed by atoms with Gasteiger partial charge in [-0.05, 0) is 6.92 Å². The number of amides is 1. The maximum atomic E-state index is 12.1. The highest BCUT2D eigenvalue weighted by Gasteiger charge is 2.21. The van der Waals surface area contributed by atoms with Gasteiger partial charge in [-0.2, -0.15) is 10.2 Å².